The lowest BCUT2D eigenvalue weighted by molar-refractivity contribution is 0.590. The Kier molecular flexibility index (Phi) is 3.92. The van der Waals surface area contributed by atoms with Crippen LogP contribution in [0.15, 0.2) is 35.0 Å². The standard InChI is InChI=1S/C14H16FNS/c1-10(2)16-7-12-8-17-9-14(12)11-4-3-5-13(15)6-11/h3-6,8-10,16H,7H2,1-2H3. The molecule has 0 unspecified atom stereocenters. The first kappa shape index (κ1) is 12.3. The van der Waals surface area contributed by atoms with E-state index >= 15 is 0 Å². The molecule has 17 heavy (non-hydrogen) atoms. The van der Waals surface area contributed by atoms with Crippen LogP contribution in [-0.4, -0.2) is 6.04 Å². The van der Waals surface area contributed by atoms with Crippen molar-refractivity contribution in [3.63, 3.8) is 0 Å². The van der Waals surface area contributed by atoms with Gasteiger partial charge >= 0.3 is 0 Å². The third kappa shape index (κ3) is 3.14. The van der Waals surface area contributed by atoms with Crippen LogP contribution in [0.5, 0.6) is 0 Å². The quantitative estimate of drug-likeness (QED) is 0.862. The molecule has 0 saturated heterocycles. The highest BCUT2D eigenvalue weighted by molar-refractivity contribution is 7.08. The van der Waals surface area contributed by atoms with Crippen molar-refractivity contribution in [2.24, 2.45) is 0 Å². The highest BCUT2D eigenvalue weighted by Gasteiger charge is 2.07. The maximum atomic E-state index is 13.2. The lowest BCUT2D eigenvalue weighted by Gasteiger charge is -2.09. The minimum Gasteiger partial charge on any atom is -0.310 e. The molecule has 1 aromatic heterocycles. The molecule has 1 nitrogen and oxygen atoms in total. The fourth-order valence-corrected chi connectivity index (χ4v) is 2.55. The molecule has 1 aromatic carbocycles. The van der Waals surface area contributed by atoms with E-state index in [9.17, 15) is 4.39 Å². The molecule has 0 aliphatic carbocycles. The van der Waals surface area contributed by atoms with Gasteiger partial charge in [0.1, 0.15) is 5.82 Å². The van der Waals surface area contributed by atoms with Gasteiger partial charge in [0.25, 0.3) is 0 Å². The minimum atomic E-state index is -0.184. The lowest BCUT2D eigenvalue weighted by Crippen LogP contribution is -2.21. The highest BCUT2D eigenvalue weighted by atomic mass is 32.1. The molecule has 0 aliphatic rings. The van der Waals surface area contributed by atoms with Crippen molar-refractivity contribution < 1.29 is 4.39 Å². The van der Waals surface area contributed by atoms with E-state index in [0.29, 0.717) is 6.04 Å². The summed E-state index contributed by atoms with van der Waals surface area (Å²) in [6.07, 6.45) is 0. The van der Waals surface area contributed by atoms with Gasteiger partial charge in [0.2, 0.25) is 0 Å². The van der Waals surface area contributed by atoms with Gasteiger partial charge in [-0.2, -0.15) is 11.3 Å². The molecule has 3 heteroatoms. The van der Waals surface area contributed by atoms with Crippen LogP contribution in [0.2, 0.25) is 0 Å². The molecule has 0 amide bonds. The Bertz CT molecular complexity index is 490. The van der Waals surface area contributed by atoms with Crippen molar-refractivity contribution in [3.8, 4) is 11.1 Å². The van der Waals surface area contributed by atoms with Gasteiger partial charge in [0.05, 0.1) is 0 Å². The summed E-state index contributed by atoms with van der Waals surface area (Å²) in [4.78, 5) is 0. The van der Waals surface area contributed by atoms with E-state index in [0.717, 1.165) is 17.7 Å². The number of benzene rings is 1. The van der Waals surface area contributed by atoms with Crippen LogP contribution >= 0.6 is 11.3 Å². The summed E-state index contributed by atoms with van der Waals surface area (Å²) >= 11 is 1.66. The molecule has 90 valence electrons. The normalized spacial score (nSPS) is 11.1. The number of hydrogen-bond acceptors (Lipinski definition) is 2. The largest absolute Gasteiger partial charge is 0.310 e. The van der Waals surface area contributed by atoms with E-state index in [4.69, 9.17) is 0 Å². The van der Waals surface area contributed by atoms with Gasteiger partial charge in [0.15, 0.2) is 0 Å². The molecule has 0 fully saturated rings. The molecule has 0 aliphatic heterocycles. The maximum absolute atomic E-state index is 13.2. The van der Waals surface area contributed by atoms with Crippen molar-refractivity contribution in [1.29, 1.82) is 0 Å². The first-order valence-corrected chi connectivity index (χ1v) is 6.65. The van der Waals surface area contributed by atoms with Crippen molar-refractivity contribution in [1.82, 2.24) is 5.32 Å². The monoisotopic (exact) mass is 249 g/mol. The second-order valence-electron chi connectivity index (χ2n) is 4.36. The highest BCUT2D eigenvalue weighted by Crippen LogP contribution is 2.27. The molecule has 0 spiro atoms. The van der Waals surface area contributed by atoms with E-state index in [1.54, 1.807) is 23.5 Å². The molecule has 1 heterocycles. The van der Waals surface area contributed by atoms with Gasteiger partial charge in [-0.1, -0.05) is 26.0 Å². The van der Waals surface area contributed by atoms with Gasteiger partial charge in [-0.05, 0) is 39.6 Å². The third-order valence-corrected chi connectivity index (χ3v) is 3.37. The first-order valence-electron chi connectivity index (χ1n) is 5.71. The third-order valence-electron chi connectivity index (χ3n) is 2.58. The van der Waals surface area contributed by atoms with Crippen molar-refractivity contribution >= 4 is 11.3 Å². The van der Waals surface area contributed by atoms with E-state index < -0.39 is 0 Å². The summed E-state index contributed by atoms with van der Waals surface area (Å²) in [5, 5.41) is 7.58. The average molecular weight is 249 g/mol. The second-order valence-corrected chi connectivity index (χ2v) is 5.10. The Labute approximate surface area is 105 Å². The fraction of sp³-hybridized carbons (Fsp3) is 0.286. The Balaban J connectivity index is 2.24. The SMILES string of the molecule is CC(C)NCc1cscc1-c1cccc(F)c1. The van der Waals surface area contributed by atoms with Gasteiger partial charge in [-0.25, -0.2) is 4.39 Å². The molecule has 0 atom stereocenters. The molecular formula is C14H16FNS. The number of thiophene rings is 1. The molecule has 0 bridgehead atoms. The predicted octanol–water partition coefficient (Wildman–Crippen LogP) is 4.05. The summed E-state index contributed by atoms with van der Waals surface area (Å²) in [6.45, 7) is 5.06. The van der Waals surface area contributed by atoms with Crippen LogP contribution in [0.25, 0.3) is 11.1 Å². The average Bonchev–Trinajstić information content (AvgIpc) is 2.74. The van der Waals surface area contributed by atoms with Gasteiger partial charge < -0.3 is 5.32 Å². The van der Waals surface area contributed by atoms with E-state index in [1.165, 1.54) is 11.6 Å². The number of rotatable bonds is 4. The fourth-order valence-electron chi connectivity index (χ4n) is 1.68. The van der Waals surface area contributed by atoms with Crippen LogP contribution in [-0.2, 0) is 6.54 Å². The van der Waals surface area contributed by atoms with E-state index in [1.807, 2.05) is 6.07 Å². The smallest absolute Gasteiger partial charge is 0.123 e. The zero-order valence-corrected chi connectivity index (χ0v) is 10.9. The van der Waals surface area contributed by atoms with Gasteiger partial charge in [0, 0.05) is 12.6 Å². The number of nitrogens with one attached hydrogen (secondary N) is 1. The lowest BCUT2D eigenvalue weighted by atomic mass is 10.0. The molecule has 1 N–H and O–H groups in total. The van der Waals surface area contributed by atoms with Crippen LogP contribution in [0.1, 0.15) is 19.4 Å². The predicted molar refractivity (Wildman–Crippen MR) is 71.7 cm³/mol. The Morgan fingerprint density at radius 3 is 2.82 bits per heavy atom. The minimum absolute atomic E-state index is 0.184. The Morgan fingerprint density at radius 1 is 1.29 bits per heavy atom. The molecular weight excluding hydrogens is 233 g/mol. The van der Waals surface area contributed by atoms with Crippen LogP contribution in [0.4, 0.5) is 4.39 Å². The van der Waals surface area contributed by atoms with Gasteiger partial charge in [-0.15, -0.1) is 0 Å². The van der Waals surface area contributed by atoms with E-state index in [-0.39, 0.29) is 5.82 Å². The van der Waals surface area contributed by atoms with E-state index in [2.05, 4.69) is 29.9 Å². The first-order chi connectivity index (χ1) is 8.16. The molecule has 2 aromatic rings. The summed E-state index contributed by atoms with van der Waals surface area (Å²) in [5.74, 6) is -0.184. The topological polar surface area (TPSA) is 12.0 Å². The molecule has 0 radical (unpaired) electrons. The summed E-state index contributed by atoms with van der Waals surface area (Å²) < 4.78 is 13.2. The number of halogens is 1. The molecule has 0 saturated carbocycles. The van der Waals surface area contributed by atoms with Crippen LogP contribution in [0, 0.1) is 5.82 Å². The van der Waals surface area contributed by atoms with Crippen molar-refractivity contribution in [2.45, 2.75) is 26.4 Å². The van der Waals surface area contributed by atoms with Crippen molar-refractivity contribution in [2.75, 3.05) is 0 Å². The number of hydrogen-bond donors (Lipinski definition) is 1. The summed E-state index contributed by atoms with van der Waals surface area (Å²) in [5.41, 5.74) is 3.31. The second kappa shape index (κ2) is 5.43. The van der Waals surface area contributed by atoms with Crippen molar-refractivity contribution in [3.05, 3.63) is 46.4 Å². The summed E-state index contributed by atoms with van der Waals surface area (Å²) in [6, 6.07) is 7.21. The zero-order chi connectivity index (χ0) is 12.3. The zero-order valence-electron chi connectivity index (χ0n) is 10.0. The van der Waals surface area contributed by atoms with Crippen LogP contribution in [0.3, 0.4) is 0 Å². The Morgan fingerprint density at radius 2 is 2.12 bits per heavy atom. The molecule has 2 rings (SSSR count). The van der Waals surface area contributed by atoms with Crippen LogP contribution < -0.4 is 5.32 Å². The van der Waals surface area contributed by atoms with Gasteiger partial charge in [-0.3, -0.25) is 0 Å². The Hall–Kier alpha value is -1.19. The summed E-state index contributed by atoms with van der Waals surface area (Å²) in [7, 11) is 0. The maximum Gasteiger partial charge on any atom is 0.123 e.